The number of nitrogens with zero attached hydrogens (tertiary/aromatic N) is 3. The second kappa shape index (κ2) is 13.0. The van der Waals surface area contributed by atoms with Crippen molar-refractivity contribution in [3.63, 3.8) is 0 Å². The van der Waals surface area contributed by atoms with E-state index in [1.807, 2.05) is 67.6 Å². The quantitative estimate of drug-likeness (QED) is 0.143. The zero-order chi connectivity index (χ0) is 29.9. The minimum atomic E-state index is -1.38. The Morgan fingerprint density at radius 2 is 1.77 bits per heavy atom. The van der Waals surface area contributed by atoms with Gasteiger partial charge in [-0.05, 0) is 35.1 Å². The fourth-order valence-electron chi connectivity index (χ4n) is 4.82. The fourth-order valence-corrected chi connectivity index (χ4v) is 8.83. The summed E-state index contributed by atoms with van der Waals surface area (Å²) < 4.78 is 6.96. The molecule has 43 heavy (non-hydrogen) atoms. The largest absolute Gasteiger partial charge is 0.448 e. The Bertz CT molecular complexity index is 1610. The molecule has 2 aliphatic heterocycles. The van der Waals surface area contributed by atoms with E-state index in [-0.39, 0.29) is 5.70 Å². The number of β-lactam (4-membered cyclic amide) rings is 1. The van der Waals surface area contributed by atoms with Crippen LogP contribution in [0.3, 0.4) is 0 Å². The third kappa shape index (κ3) is 6.27. The topological polar surface area (TPSA) is 122 Å². The molecule has 4 aromatic rings. The monoisotopic (exact) mass is 650 g/mol. The van der Waals surface area contributed by atoms with Gasteiger partial charge in [0.2, 0.25) is 0 Å². The second-order valence-corrected chi connectivity index (χ2v) is 14.2. The van der Waals surface area contributed by atoms with Crippen molar-refractivity contribution in [2.45, 2.75) is 34.9 Å². The number of fused-ring (bicyclic) bond motifs is 1. The van der Waals surface area contributed by atoms with E-state index in [1.54, 1.807) is 17.5 Å². The zero-order valence-corrected chi connectivity index (χ0v) is 26.0. The van der Waals surface area contributed by atoms with Crippen LogP contribution in [0.1, 0.15) is 33.2 Å². The fraction of sp³-hybridized carbons (Fsp3) is 0.233. The highest BCUT2D eigenvalue weighted by molar-refractivity contribution is 8.01. The lowest BCUT2D eigenvalue weighted by Gasteiger charge is -2.50. The first-order valence-electron chi connectivity index (χ1n) is 13.3. The van der Waals surface area contributed by atoms with Crippen molar-refractivity contribution >= 4 is 64.0 Å². The van der Waals surface area contributed by atoms with Crippen LogP contribution in [0.25, 0.3) is 0 Å². The smallest absolute Gasteiger partial charge is 0.356 e. The van der Waals surface area contributed by atoms with Crippen LogP contribution in [0.2, 0.25) is 0 Å². The van der Waals surface area contributed by atoms with Gasteiger partial charge in [0.25, 0.3) is 11.8 Å². The molecule has 3 atom stereocenters. The summed E-state index contributed by atoms with van der Waals surface area (Å²) in [7, 11) is 0. The van der Waals surface area contributed by atoms with E-state index in [9.17, 15) is 19.5 Å². The van der Waals surface area contributed by atoms with E-state index < -0.39 is 41.4 Å². The summed E-state index contributed by atoms with van der Waals surface area (Å²) >= 11 is 5.62. The highest BCUT2D eigenvalue weighted by Crippen LogP contribution is 2.43. The molecule has 2 amide bonds. The van der Waals surface area contributed by atoms with E-state index in [4.69, 9.17) is 4.74 Å². The number of esters is 1. The number of carbonyl (C=O) groups is 3. The van der Waals surface area contributed by atoms with E-state index >= 15 is 0 Å². The third-order valence-corrected chi connectivity index (χ3v) is 11.2. The Morgan fingerprint density at radius 3 is 2.37 bits per heavy atom. The minimum absolute atomic E-state index is 0.184. The van der Waals surface area contributed by atoms with Crippen molar-refractivity contribution in [2.75, 3.05) is 11.5 Å². The van der Waals surface area contributed by atoms with Crippen LogP contribution in [0, 0.1) is 6.92 Å². The van der Waals surface area contributed by atoms with Gasteiger partial charge in [-0.25, -0.2) is 4.79 Å². The molecule has 2 aromatic carbocycles. The molecular weight excluding hydrogens is 625 g/mol. The average Bonchev–Trinajstić information content (AvgIpc) is 3.73. The molecule has 0 radical (unpaired) electrons. The Balaban J connectivity index is 1.28. The molecule has 1 saturated heterocycles. The molecule has 4 heterocycles. The lowest BCUT2D eigenvalue weighted by molar-refractivity contribution is -0.155. The predicted octanol–water partition coefficient (Wildman–Crippen LogP) is 4.72. The lowest BCUT2D eigenvalue weighted by Crippen LogP contribution is -2.71. The number of aryl methyl sites for hydroxylation is 1. The summed E-state index contributed by atoms with van der Waals surface area (Å²) in [5, 5.41) is 23.5. The first-order chi connectivity index (χ1) is 20.9. The molecule has 2 N–H and O–H groups in total. The molecule has 13 heteroatoms. The van der Waals surface area contributed by atoms with Crippen LogP contribution >= 0.6 is 46.2 Å². The molecule has 0 saturated carbocycles. The van der Waals surface area contributed by atoms with E-state index in [0.717, 1.165) is 26.0 Å². The normalized spacial score (nSPS) is 18.7. The van der Waals surface area contributed by atoms with Gasteiger partial charge in [0.05, 0.1) is 0 Å². The van der Waals surface area contributed by atoms with Crippen LogP contribution in [-0.2, 0) is 19.1 Å². The first kappa shape index (κ1) is 29.6. The van der Waals surface area contributed by atoms with E-state index in [0.29, 0.717) is 16.4 Å². The molecule has 0 unspecified atom stereocenters. The maximum absolute atomic E-state index is 14.1. The maximum atomic E-state index is 14.1. The van der Waals surface area contributed by atoms with Crippen LogP contribution in [0.5, 0.6) is 0 Å². The second-order valence-electron chi connectivity index (χ2n) is 9.75. The van der Waals surface area contributed by atoms with Crippen molar-refractivity contribution in [2.24, 2.45) is 0 Å². The highest BCUT2D eigenvalue weighted by atomic mass is 32.2. The number of thiophene rings is 1. The van der Waals surface area contributed by atoms with Crippen LogP contribution in [0.15, 0.2) is 93.8 Å². The lowest BCUT2D eigenvalue weighted by atomic mass is 10.0. The van der Waals surface area contributed by atoms with Crippen LogP contribution in [-0.4, -0.2) is 60.9 Å². The Hall–Kier alpha value is -3.49. The van der Waals surface area contributed by atoms with Gasteiger partial charge in [0, 0.05) is 16.4 Å². The standard InChI is InChI=1S/C30H26N4O5S4/c1-17-32-33-30(43-17)42-16-20-15-41-28-22(31-26(36)24(35)21-13-8-14-40-21)27(37)34(28)23(20)29(38)39-25(18-9-4-2-5-10-18)19-11-6-3-7-12-19/h2-14,22,24-25,28,35H,15-16H2,1H3,(H,31,36)/t22-,24-,28-/m1/s1. The minimum Gasteiger partial charge on any atom is -0.448 e. The van der Waals surface area contributed by atoms with E-state index in [1.165, 1.54) is 51.1 Å². The van der Waals surface area contributed by atoms with Gasteiger partial charge in [-0.15, -0.1) is 33.3 Å². The SMILES string of the molecule is Cc1nnc(SCC2=C(C(=O)OC(c3ccccc3)c3ccccc3)N3C(=O)[C@@H](NC(=O)[C@H](O)c4cccs4)[C@H]3SC2)s1. The first-order valence-corrected chi connectivity index (χ1v) is 17.1. The summed E-state index contributed by atoms with van der Waals surface area (Å²) in [6, 6.07) is 21.4. The van der Waals surface area contributed by atoms with Crippen molar-refractivity contribution in [3.8, 4) is 0 Å². The molecule has 220 valence electrons. The molecule has 2 aromatic heterocycles. The summed E-state index contributed by atoms with van der Waals surface area (Å²) in [5.41, 5.74) is 2.52. The number of rotatable bonds is 10. The highest BCUT2D eigenvalue weighted by Gasteiger charge is 2.55. The molecule has 2 aliphatic rings. The zero-order valence-electron chi connectivity index (χ0n) is 22.8. The molecule has 6 rings (SSSR count). The van der Waals surface area contributed by atoms with Gasteiger partial charge in [0.15, 0.2) is 16.5 Å². The Labute approximate surface area is 264 Å². The molecule has 9 nitrogen and oxygen atoms in total. The van der Waals surface area contributed by atoms with Gasteiger partial charge in [0.1, 0.15) is 22.1 Å². The summed E-state index contributed by atoms with van der Waals surface area (Å²) in [6.45, 7) is 1.88. The van der Waals surface area contributed by atoms with Crippen LogP contribution in [0.4, 0.5) is 0 Å². The number of hydrogen-bond donors (Lipinski definition) is 2. The van der Waals surface area contributed by atoms with Crippen molar-refractivity contribution in [3.05, 3.63) is 110 Å². The summed E-state index contributed by atoms with van der Waals surface area (Å²) in [5.74, 6) is -0.844. The number of amides is 2. The van der Waals surface area contributed by atoms with Gasteiger partial charge >= 0.3 is 5.97 Å². The van der Waals surface area contributed by atoms with Crippen molar-refractivity contribution < 1.29 is 24.2 Å². The number of aromatic nitrogens is 2. The van der Waals surface area contributed by atoms with E-state index in [2.05, 4.69) is 15.5 Å². The van der Waals surface area contributed by atoms with Crippen LogP contribution < -0.4 is 5.32 Å². The van der Waals surface area contributed by atoms with Gasteiger partial charge < -0.3 is 15.2 Å². The third-order valence-electron chi connectivity index (χ3n) is 6.91. The molecule has 0 bridgehead atoms. The van der Waals surface area contributed by atoms with Gasteiger partial charge in [-0.1, -0.05) is 89.8 Å². The number of benzene rings is 2. The van der Waals surface area contributed by atoms with Gasteiger partial charge in [-0.2, -0.15) is 0 Å². The molecule has 0 spiro atoms. The number of nitrogens with one attached hydrogen (secondary N) is 1. The van der Waals surface area contributed by atoms with Gasteiger partial charge in [-0.3, -0.25) is 14.5 Å². The van der Waals surface area contributed by atoms with Crippen molar-refractivity contribution in [1.82, 2.24) is 20.4 Å². The number of thioether (sulfide) groups is 2. The number of aliphatic hydroxyl groups excluding tert-OH is 1. The molecule has 1 fully saturated rings. The number of aliphatic hydroxyl groups is 1. The maximum Gasteiger partial charge on any atom is 0.356 e. The Kier molecular flexibility index (Phi) is 8.96. The number of carbonyl (C=O) groups excluding carboxylic acids is 3. The Morgan fingerprint density at radius 1 is 1.07 bits per heavy atom. The summed E-state index contributed by atoms with van der Waals surface area (Å²) in [6.07, 6.45) is -2.07. The molecule has 0 aliphatic carbocycles. The average molecular weight is 651 g/mol. The summed E-state index contributed by atoms with van der Waals surface area (Å²) in [4.78, 5) is 42.3. The number of hydrogen-bond acceptors (Lipinski definition) is 11. The van der Waals surface area contributed by atoms with Crippen molar-refractivity contribution in [1.29, 1.82) is 0 Å². The molecular formula is C30H26N4O5S4. The number of ether oxygens (including phenoxy) is 1. The predicted molar refractivity (Wildman–Crippen MR) is 168 cm³/mol.